The predicted octanol–water partition coefficient (Wildman–Crippen LogP) is 6.21. The zero-order valence-electron chi connectivity index (χ0n) is 30.4. The van der Waals surface area contributed by atoms with E-state index >= 15 is 0 Å². The zero-order chi connectivity index (χ0) is 33.4. The van der Waals surface area contributed by atoms with Gasteiger partial charge in [0.1, 0.15) is 0 Å². The topological polar surface area (TPSA) is 106 Å². The summed E-state index contributed by atoms with van der Waals surface area (Å²) in [5, 5.41) is 19.3. The Morgan fingerprint density at radius 3 is 0.744 bits per heavy atom. The van der Waals surface area contributed by atoms with Crippen molar-refractivity contribution in [3.05, 3.63) is 0 Å². The minimum absolute atomic E-state index is 0.706. The van der Waals surface area contributed by atoms with Crippen LogP contribution in [0.4, 0.5) is 0 Å². The summed E-state index contributed by atoms with van der Waals surface area (Å²) >= 11 is 0. The molecule has 0 rings (SSSR count). The van der Waals surface area contributed by atoms with Crippen molar-refractivity contribution < 1.29 is 28.8 Å². The fourth-order valence-corrected chi connectivity index (χ4v) is 5.55. The van der Waals surface area contributed by atoms with Gasteiger partial charge in [0.25, 0.3) is 0 Å². The average Bonchev–Trinajstić information content (AvgIpc) is 3.00. The van der Waals surface area contributed by atoms with Crippen LogP contribution in [0, 0.1) is 0 Å². The van der Waals surface area contributed by atoms with Gasteiger partial charge < -0.3 is 34.5 Å². The summed E-state index contributed by atoms with van der Waals surface area (Å²) in [6, 6.07) is -1.46. The minimum Gasteiger partial charge on any atom is -0.550 e. The van der Waals surface area contributed by atoms with Crippen molar-refractivity contribution in [1.29, 1.82) is 0 Å². The van der Waals surface area contributed by atoms with E-state index in [0.29, 0.717) is 0 Å². The number of hydrogen-bond acceptors (Lipinski definition) is 5. The molecular weight excluding hydrogens is 538 g/mol. The molecule has 0 heterocycles. The molecule has 0 saturated carbocycles. The Hall–Kier alpha value is -1.18. The van der Waals surface area contributed by atoms with Crippen LogP contribution in [-0.2, 0) is 9.59 Å². The number of quaternary nitrogens is 2. The molecule has 43 heavy (non-hydrogen) atoms. The van der Waals surface area contributed by atoms with Gasteiger partial charge in [0, 0.05) is 18.4 Å². The third kappa shape index (κ3) is 28.1. The minimum atomic E-state index is -1.58. The number of aliphatic carboxylic acids is 2. The van der Waals surface area contributed by atoms with Gasteiger partial charge in [-0.05, 0) is 51.4 Å². The molecule has 7 heteroatoms. The molecule has 0 aliphatic carbocycles. The summed E-state index contributed by atoms with van der Waals surface area (Å²) in [5.41, 5.74) is 4.73. The molecule has 0 saturated heterocycles. The van der Waals surface area contributed by atoms with E-state index in [4.69, 9.17) is 5.73 Å². The lowest BCUT2D eigenvalue weighted by atomic mass is 10.1. The highest BCUT2D eigenvalue weighted by Crippen LogP contribution is 2.17. The van der Waals surface area contributed by atoms with Crippen molar-refractivity contribution in [2.75, 3.05) is 52.4 Å². The number of hydrogen-bond donors (Lipinski definition) is 1. The maximum Gasteiger partial charge on any atom is 0.0786 e. The molecule has 0 aromatic heterocycles. The number of nitrogens with two attached hydrogens (primary N) is 1. The molecule has 0 aliphatic heterocycles. The molecule has 0 amide bonds. The molecule has 0 spiro atoms. The summed E-state index contributed by atoms with van der Waals surface area (Å²) in [6.45, 7) is 30.0. The lowest BCUT2D eigenvalue weighted by Crippen LogP contribution is -2.50. The van der Waals surface area contributed by atoms with Crippen molar-refractivity contribution in [1.82, 2.24) is 0 Å². The van der Waals surface area contributed by atoms with Gasteiger partial charge in [-0.3, -0.25) is 0 Å². The third-order valence-corrected chi connectivity index (χ3v) is 8.58. The van der Waals surface area contributed by atoms with Crippen LogP contribution in [0.1, 0.15) is 165 Å². The van der Waals surface area contributed by atoms with E-state index in [2.05, 4.69) is 55.4 Å². The predicted molar refractivity (Wildman–Crippen MR) is 181 cm³/mol. The van der Waals surface area contributed by atoms with Crippen LogP contribution in [0.2, 0.25) is 0 Å². The maximum atomic E-state index is 9.71. The van der Waals surface area contributed by atoms with Crippen LogP contribution in [-0.4, -0.2) is 79.3 Å². The van der Waals surface area contributed by atoms with Gasteiger partial charge in [0.2, 0.25) is 0 Å². The Morgan fingerprint density at radius 1 is 0.465 bits per heavy atom. The van der Waals surface area contributed by atoms with Crippen LogP contribution >= 0.6 is 0 Å². The first kappa shape index (κ1) is 46.2. The molecule has 0 unspecified atom stereocenters. The van der Waals surface area contributed by atoms with Gasteiger partial charge >= 0.3 is 0 Å². The number of unbranched alkanes of at least 4 members (excludes halogenated alkanes) is 8. The van der Waals surface area contributed by atoms with Crippen LogP contribution in [0.3, 0.4) is 0 Å². The van der Waals surface area contributed by atoms with E-state index in [1.807, 2.05) is 0 Å². The highest BCUT2D eigenvalue weighted by molar-refractivity contribution is 5.77. The van der Waals surface area contributed by atoms with Crippen molar-refractivity contribution in [3.8, 4) is 0 Å². The van der Waals surface area contributed by atoms with Crippen molar-refractivity contribution in [2.24, 2.45) is 5.73 Å². The molecule has 0 aliphatic rings. The van der Waals surface area contributed by atoms with Gasteiger partial charge in [-0.2, -0.15) is 0 Å². The smallest absolute Gasteiger partial charge is 0.0786 e. The summed E-state index contributed by atoms with van der Waals surface area (Å²) in [7, 11) is 0. The van der Waals surface area contributed by atoms with Crippen molar-refractivity contribution in [2.45, 2.75) is 171 Å². The summed E-state index contributed by atoms with van der Waals surface area (Å²) < 4.78 is 2.84. The van der Waals surface area contributed by atoms with Gasteiger partial charge in [0.15, 0.2) is 0 Å². The zero-order valence-corrected chi connectivity index (χ0v) is 30.4. The normalized spacial score (nSPS) is 12.1. The van der Waals surface area contributed by atoms with Crippen LogP contribution in [0.5, 0.6) is 0 Å². The Morgan fingerprint density at radius 2 is 0.651 bits per heavy atom. The van der Waals surface area contributed by atoms with Crippen molar-refractivity contribution >= 4 is 11.9 Å². The second-order valence-corrected chi connectivity index (χ2v) is 12.8. The van der Waals surface area contributed by atoms with E-state index in [0.717, 1.165) is 0 Å². The van der Waals surface area contributed by atoms with Gasteiger partial charge in [-0.15, -0.1) is 0 Å². The molecule has 0 fully saturated rings. The molecule has 260 valence electrons. The first-order chi connectivity index (χ1) is 20.5. The van der Waals surface area contributed by atoms with E-state index in [1.165, 1.54) is 164 Å². The standard InChI is InChI=1S/2C16H36N.C4H7NO4/c2*1-5-9-13-17(14-10-6-2,15-11-7-3)16-12-8-4;5-2(4(8)9)1-3(6)7/h2*5-16H2,1-4H3;2H,1,5H2,(H,6,7)(H,8,9)/q2*+1;/p-2/t;;2-/m..0/s1. The molecule has 1 atom stereocenters. The van der Waals surface area contributed by atoms with Crippen molar-refractivity contribution in [3.63, 3.8) is 0 Å². The maximum absolute atomic E-state index is 9.71. The quantitative estimate of drug-likeness (QED) is 0.111. The van der Waals surface area contributed by atoms with E-state index < -0.39 is 24.4 Å². The van der Waals surface area contributed by atoms with Gasteiger partial charge in [0.05, 0.1) is 58.3 Å². The highest BCUT2D eigenvalue weighted by atomic mass is 16.4. The van der Waals surface area contributed by atoms with Gasteiger partial charge in [-0.25, -0.2) is 0 Å². The molecule has 0 aromatic carbocycles. The average molecular weight is 616 g/mol. The number of rotatable bonds is 27. The molecule has 0 aromatic rings. The monoisotopic (exact) mass is 616 g/mol. The fraction of sp³-hybridized carbons (Fsp3) is 0.944. The number of carboxylic acids is 2. The lowest BCUT2D eigenvalue weighted by Gasteiger charge is -2.39. The number of carbonyl (C=O) groups excluding carboxylic acids is 2. The molecular formula is C36H77N3O4. The first-order valence-corrected chi connectivity index (χ1v) is 18.4. The molecule has 0 bridgehead atoms. The fourth-order valence-electron chi connectivity index (χ4n) is 5.55. The largest absolute Gasteiger partial charge is 0.550 e. The number of carbonyl (C=O) groups is 2. The van der Waals surface area contributed by atoms with E-state index in [9.17, 15) is 19.8 Å². The van der Waals surface area contributed by atoms with E-state index in [-0.39, 0.29) is 0 Å². The number of nitrogens with zero attached hydrogens (tertiary/aromatic N) is 2. The number of carboxylic acid groups (broad SMARTS) is 2. The first-order valence-electron chi connectivity index (χ1n) is 18.4. The van der Waals surface area contributed by atoms with Gasteiger partial charge in [-0.1, -0.05) is 107 Å². The van der Waals surface area contributed by atoms with Crippen LogP contribution in [0.25, 0.3) is 0 Å². The van der Waals surface area contributed by atoms with E-state index in [1.54, 1.807) is 0 Å². The third-order valence-electron chi connectivity index (χ3n) is 8.58. The lowest BCUT2D eigenvalue weighted by molar-refractivity contribution is -0.929. The molecule has 0 radical (unpaired) electrons. The second kappa shape index (κ2) is 32.2. The van der Waals surface area contributed by atoms with Crippen LogP contribution < -0.4 is 15.9 Å². The SMILES string of the molecule is CCCC[N+](CCCC)(CCCC)CCCC.CCCC[N+](CCCC)(CCCC)CCCC.N[C@@H](CC(=O)[O-])C(=O)[O-]. The second-order valence-electron chi connectivity index (χ2n) is 12.8. The Bertz CT molecular complexity index is 504. The molecule has 7 nitrogen and oxygen atoms in total. The Balaban J connectivity index is -0.000000586. The highest BCUT2D eigenvalue weighted by Gasteiger charge is 2.25. The van der Waals surface area contributed by atoms with Crippen LogP contribution in [0.15, 0.2) is 0 Å². The molecule has 2 N–H and O–H groups in total. The summed E-state index contributed by atoms with van der Waals surface area (Å²) in [4.78, 5) is 19.3. The summed E-state index contributed by atoms with van der Waals surface area (Å²) in [6.07, 6.45) is 21.4. The Kier molecular flexibility index (Phi) is 34.6. The Labute approximate surface area is 269 Å². The summed E-state index contributed by atoms with van der Waals surface area (Å²) in [5.74, 6) is -3.08.